The Morgan fingerprint density at radius 2 is 1.71 bits per heavy atom. The summed E-state index contributed by atoms with van der Waals surface area (Å²) < 4.78 is 2.08. The Morgan fingerprint density at radius 1 is 1.00 bits per heavy atom. The number of carbonyl (C=O) groups excluding carboxylic acids is 1. The highest BCUT2D eigenvalue weighted by molar-refractivity contribution is 8.00. The number of amides is 1. The van der Waals surface area contributed by atoms with E-state index in [1.54, 1.807) is 0 Å². The normalized spacial score (nSPS) is 12.5. The fourth-order valence-electron chi connectivity index (χ4n) is 4.24. The number of fused-ring (bicyclic) bond motifs is 3. The van der Waals surface area contributed by atoms with Gasteiger partial charge in [-0.2, -0.15) is 0 Å². The van der Waals surface area contributed by atoms with E-state index in [-0.39, 0.29) is 11.2 Å². The minimum Gasteiger partial charge on any atom is -0.325 e. The molecule has 0 saturated carbocycles. The number of aromatic nitrogens is 3. The molecule has 0 fully saturated rings. The summed E-state index contributed by atoms with van der Waals surface area (Å²) in [5, 5.41) is 13.7. The number of hydrogen-bond acceptors (Lipinski definition) is 4. The van der Waals surface area contributed by atoms with E-state index in [0.29, 0.717) is 6.42 Å². The van der Waals surface area contributed by atoms with Gasteiger partial charge in [0.05, 0.1) is 10.8 Å². The summed E-state index contributed by atoms with van der Waals surface area (Å²) in [6.07, 6.45) is 0.693. The molecule has 0 aliphatic heterocycles. The lowest BCUT2D eigenvalue weighted by atomic mass is 10.0. The standard InChI is InChI=1S/C25H28N4OS/c1-7-20(24(30)26-22-17(5)11-14(2)12-18(22)6)31-25-28-27-21-13-16(4)19-10-8-9-15(3)23(19)29(21)25/h8-13,20H,7H2,1-6H3,(H,26,30). The molecule has 1 amide bonds. The molecule has 0 spiro atoms. The van der Waals surface area contributed by atoms with Crippen LogP contribution < -0.4 is 5.32 Å². The highest BCUT2D eigenvalue weighted by Gasteiger charge is 2.23. The molecule has 1 N–H and O–H groups in total. The number of hydrogen-bond donors (Lipinski definition) is 1. The van der Waals surface area contributed by atoms with Crippen LogP contribution in [0, 0.1) is 34.6 Å². The lowest BCUT2D eigenvalue weighted by Crippen LogP contribution is -2.25. The summed E-state index contributed by atoms with van der Waals surface area (Å²) in [4.78, 5) is 13.2. The van der Waals surface area contributed by atoms with E-state index in [9.17, 15) is 4.79 Å². The molecule has 2 aromatic carbocycles. The first kappa shape index (κ1) is 21.4. The summed E-state index contributed by atoms with van der Waals surface area (Å²) in [6, 6.07) is 12.5. The van der Waals surface area contributed by atoms with Crippen molar-refractivity contribution in [3.63, 3.8) is 0 Å². The van der Waals surface area contributed by atoms with E-state index >= 15 is 0 Å². The van der Waals surface area contributed by atoms with Gasteiger partial charge in [-0.3, -0.25) is 9.20 Å². The summed E-state index contributed by atoms with van der Waals surface area (Å²) >= 11 is 1.47. The number of pyridine rings is 1. The number of carbonyl (C=O) groups is 1. The third kappa shape index (κ3) is 3.92. The molecular weight excluding hydrogens is 404 g/mol. The van der Waals surface area contributed by atoms with Gasteiger partial charge in [0.15, 0.2) is 10.8 Å². The number of thioether (sulfide) groups is 1. The Morgan fingerprint density at radius 3 is 2.39 bits per heavy atom. The maximum absolute atomic E-state index is 13.2. The molecule has 6 heteroatoms. The van der Waals surface area contributed by atoms with E-state index < -0.39 is 0 Å². The molecule has 0 bridgehead atoms. The van der Waals surface area contributed by atoms with E-state index in [1.807, 2.05) is 20.8 Å². The first-order valence-corrected chi connectivity index (χ1v) is 11.5. The monoisotopic (exact) mass is 432 g/mol. The zero-order valence-corrected chi connectivity index (χ0v) is 19.7. The van der Waals surface area contributed by atoms with Gasteiger partial charge in [0.1, 0.15) is 0 Å². The second-order valence-corrected chi connectivity index (χ2v) is 9.42. The number of benzene rings is 2. The van der Waals surface area contributed by atoms with E-state index in [2.05, 4.69) is 77.1 Å². The topological polar surface area (TPSA) is 59.3 Å². The predicted molar refractivity (Wildman–Crippen MR) is 129 cm³/mol. The van der Waals surface area contributed by atoms with E-state index in [4.69, 9.17) is 0 Å². The molecule has 31 heavy (non-hydrogen) atoms. The van der Waals surface area contributed by atoms with Crippen molar-refractivity contribution in [1.29, 1.82) is 0 Å². The molecule has 1 atom stereocenters. The SMILES string of the molecule is CCC(Sc1nnc2cc(C)c3cccc(C)c3n12)C(=O)Nc1c(C)cc(C)cc1C. The van der Waals surface area contributed by atoms with Crippen LogP contribution in [0.4, 0.5) is 5.69 Å². The zero-order valence-electron chi connectivity index (χ0n) is 18.9. The number of para-hydroxylation sites is 1. The maximum atomic E-state index is 13.2. The average Bonchev–Trinajstić information content (AvgIpc) is 3.11. The van der Waals surface area contributed by atoms with Gasteiger partial charge in [-0.05, 0) is 69.4 Å². The van der Waals surface area contributed by atoms with Gasteiger partial charge < -0.3 is 5.32 Å². The molecule has 0 aliphatic carbocycles. The Balaban J connectivity index is 1.70. The zero-order chi connectivity index (χ0) is 22.3. The van der Waals surface area contributed by atoms with Gasteiger partial charge in [-0.1, -0.05) is 54.6 Å². The van der Waals surface area contributed by atoms with Gasteiger partial charge in [0.2, 0.25) is 5.91 Å². The minimum atomic E-state index is -0.270. The smallest absolute Gasteiger partial charge is 0.237 e. The second-order valence-electron chi connectivity index (χ2n) is 8.25. The maximum Gasteiger partial charge on any atom is 0.237 e. The summed E-state index contributed by atoms with van der Waals surface area (Å²) in [6.45, 7) is 12.4. The fraction of sp³-hybridized carbons (Fsp3) is 0.320. The molecule has 5 nitrogen and oxygen atoms in total. The number of aryl methyl sites for hydroxylation is 5. The van der Waals surface area contributed by atoms with Gasteiger partial charge in [0, 0.05) is 11.1 Å². The Hall–Kier alpha value is -2.86. The van der Waals surface area contributed by atoms with E-state index in [1.165, 1.54) is 28.3 Å². The third-order valence-corrected chi connectivity index (χ3v) is 7.03. The molecule has 1 unspecified atom stereocenters. The third-order valence-electron chi connectivity index (χ3n) is 5.73. The quantitative estimate of drug-likeness (QED) is 0.397. The first-order valence-electron chi connectivity index (χ1n) is 10.6. The van der Waals surface area contributed by atoms with Crippen LogP contribution in [-0.4, -0.2) is 25.8 Å². The van der Waals surface area contributed by atoms with Crippen LogP contribution in [0.2, 0.25) is 0 Å². The predicted octanol–water partition coefficient (Wildman–Crippen LogP) is 5.93. The van der Waals surface area contributed by atoms with Crippen LogP contribution in [0.1, 0.15) is 41.2 Å². The summed E-state index contributed by atoms with van der Waals surface area (Å²) in [5.41, 5.74) is 8.50. The lowest BCUT2D eigenvalue weighted by Gasteiger charge is -2.18. The van der Waals surface area contributed by atoms with Gasteiger partial charge >= 0.3 is 0 Å². The first-order chi connectivity index (χ1) is 14.8. The van der Waals surface area contributed by atoms with Crippen LogP contribution in [-0.2, 0) is 4.79 Å². The van der Waals surface area contributed by atoms with Crippen molar-refractivity contribution < 1.29 is 4.79 Å². The van der Waals surface area contributed by atoms with Crippen molar-refractivity contribution in [3.05, 3.63) is 64.2 Å². The number of nitrogens with one attached hydrogen (secondary N) is 1. The van der Waals surface area contributed by atoms with Crippen molar-refractivity contribution in [2.45, 2.75) is 58.4 Å². The van der Waals surface area contributed by atoms with Crippen molar-refractivity contribution in [3.8, 4) is 0 Å². The highest BCUT2D eigenvalue weighted by atomic mass is 32.2. The lowest BCUT2D eigenvalue weighted by molar-refractivity contribution is -0.115. The molecule has 4 aromatic rings. The largest absolute Gasteiger partial charge is 0.325 e. The van der Waals surface area contributed by atoms with Crippen molar-refractivity contribution in [2.24, 2.45) is 0 Å². The summed E-state index contributed by atoms with van der Waals surface area (Å²) in [7, 11) is 0. The molecule has 160 valence electrons. The van der Waals surface area contributed by atoms with Crippen LogP contribution in [0.15, 0.2) is 41.6 Å². The Kier molecular flexibility index (Phi) is 5.75. The number of rotatable bonds is 5. The van der Waals surface area contributed by atoms with Crippen LogP contribution in [0.5, 0.6) is 0 Å². The molecule has 4 rings (SSSR count). The molecule has 0 saturated heterocycles. The van der Waals surface area contributed by atoms with Crippen molar-refractivity contribution in [1.82, 2.24) is 14.6 Å². The van der Waals surface area contributed by atoms with Gasteiger partial charge in [0.25, 0.3) is 0 Å². The van der Waals surface area contributed by atoms with Gasteiger partial charge in [-0.15, -0.1) is 10.2 Å². The van der Waals surface area contributed by atoms with Crippen LogP contribution in [0.3, 0.4) is 0 Å². The number of nitrogens with zero attached hydrogens (tertiary/aromatic N) is 3. The molecule has 0 radical (unpaired) electrons. The molecule has 2 aromatic heterocycles. The average molecular weight is 433 g/mol. The minimum absolute atomic E-state index is 0.00700. The molecule has 2 heterocycles. The molecule has 0 aliphatic rings. The van der Waals surface area contributed by atoms with Crippen molar-refractivity contribution in [2.75, 3.05) is 5.32 Å². The van der Waals surface area contributed by atoms with Gasteiger partial charge in [-0.25, -0.2) is 0 Å². The van der Waals surface area contributed by atoms with Crippen LogP contribution in [0.25, 0.3) is 16.6 Å². The Bertz CT molecular complexity index is 1290. The summed E-state index contributed by atoms with van der Waals surface area (Å²) in [5.74, 6) is -0.00700. The molecular formula is C25H28N4OS. The van der Waals surface area contributed by atoms with E-state index in [0.717, 1.165) is 38.7 Å². The number of anilines is 1. The second kappa shape index (κ2) is 8.35. The van der Waals surface area contributed by atoms with Crippen LogP contribution >= 0.6 is 11.8 Å². The Labute approximate surface area is 187 Å². The fourth-order valence-corrected chi connectivity index (χ4v) is 5.20. The van der Waals surface area contributed by atoms with Crippen molar-refractivity contribution >= 4 is 39.9 Å². The highest BCUT2D eigenvalue weighted by Crippen LogP contribution is 2.31.